The van der Waals surface area contributed by atoms with Crippen molar-refractivity contribution in [3.63, 3.8) is 0 Å². The number of nitrogens with zero attached hydrogens (tertiary/aromatic N) is 1. The number of amides is 4. The van der Waals surface area contributed by atoms with Gasteiger partial charge in [0.15, 0.2) is 5.96 Å². The van der Waals surface area contributed by atoms with E-state index in [2.05, 4.69) is 20.9 Å². The Morgan fingerprint density at radius 2 is 1.35 bits per heavy atom. The molecule has 0 aromatic heterocycles. The lowest BCUT2D eigenvalue weighted by Crippen LogP contribution is -2.58. The largest absolute Gasteiger partial charge is 0.508 e. The molecule has 0 spiro atoms. The van der Waals surface area contributed by atoms with Crippen molar-refractivity contribution in [2.24, 2.45) is 27.9 Å². The second kappa shape index (κ2) is 16.1. The van der Waals surface area contributed by atoms with Gasteiger partial charge in [0.25, 0.3) is 0 Å². The molecule has 0 radical (unpaired) electrons. The lowest BCUT2D eigenvalue weighted by molar-refractivity contribution is -0.142. The first-order chi connectivity index (χ1) is 18.7. The third-order valence-electron chi connectivity index (χ3n) is 5.34. The van der Waals surface area contributed by atoms with Gasteiger partial charge in [0, 0.05) is 13.0 Å². The highest BCUT2D eigenvalue weighted by molar-refractivity contribution is 5.96. The van der Waals surface area contributed by atoms with Crippen LogP contribution in [0.1, 0.15) is 31.2 Å². The standard InChI is InChI=1S/C23H34N8O9/c24-13(9-18(34)35)19(36)30-16(10-17(25)33)21(38)31-15(8-11-3-5-12(32)6-4-11)20(37)29-14(22(39)40)2-1-7-28-23(26)27/h3-6,13-16,32H,1-2,7-10,24H2,(H2,25,33)(H,29,37)(H,30,36)(H,31,38)(H,34,35)(H,39,40)(H4,26,27,28). The smallest absolute Gasteiger partial charge is 0.326 e. The SMILES string of the molecule is NC(=O)CC(NC(=O)C(N)CC(=O)O)C(=O)NC(Cc1ccc(O)cc1)C(=O)NC(CCCN=C(N)N)C(=O)O. The number of carbonyl (C=O) groups excluding carboxylic acids is 4. The normalized spacial score (nSPS) is 13.5. The molecule has 17 nitrogen and oxygen atoms in total. The fourth-order valence-electron chi connectivity index (χ4n) is 3.35. The number of benzene rings is 1. The molecule has 220 valence electrons. The molecule has 1 aromatic carbocycles. The number of phenolic OH excluding ortho intramolecular Hbond substituents is 1. The molecule has 0 aliphatic heterocycles. The predicted molar refractivity (Wildman–Crippen MR) is 139 cm³/mol. The number of aliphatic imine (C=N–C) groups is 1. The molecule has 0 bridgehead atoms. The lowest BCUT2D eigenvalue weighted by atomic mass is 10.0. The highest BCUT2D eigenvalue weighted by Crippen LogP contribution is 2.12. The average Bonchev–Trinajstić information content (AvgIpc) is 2.85. The topological polar surface area (TPSA) is 316 Å². The zero-order valence-corrected chi connectivity index (χ0v) is 21.4. The first-order valence-corrected chi connectivity index (χ1v) is 11.9. The minimum absolute atomic E-state index is 0.0560. The van der Waals surface area contributed by atoms with Crippen molar-refractivity contribution in [1.29, 1.82) is 0 Å². The molecule has 0 saturated heterocycles. The van der Waals surface area contributed by atoms with Crippen LogP contribution >= 0.6 is 0 Å². The zero-order chi connectivity index (χ0) is 30.4. The van der Waals surface area contributed by atoms with E-state index >= 15 is 0 Å². The third-order valence-corrected chi connectivity index (χ3v) is 5.34. The van der Waals surface area contributed by atoms with Gasteiger partial charge in [-0.15, -0.1) is 0 Å². The Morgan fingerprint density at radius 1 is 0.800 bits per heavy atom. The summed E-state index contributed by atoms with van der Waals surface area (Å²) in [7, 11) is 0. The Morgan fingerprint density at radius 3 is 1.88 bits per heavy atom. The fraction of sp³-hybridized carbons (Fsp3) is 0.435. The van der Waals surface area contributed by atoms with Gasteiger partial charge in [-0.25, -0.2) is 4.79 Å². The maximum absolute atomic E-state index is 13.1. The van der Waals surface area contributed by atoms with Crippen molar-refractivity contribution >= 4 is 41.5 Å². The predicted octanol–water partition coefficient (Wildman–Crippen LogP) is -3.80. The van der Waals surface area contributed by atoms with Gasteiger partial charge in [-0.1, -0.05) is 12.1 Å². The summed E-state index contributed by atoms with van der Waals surface area (Å²) in [4.78, 5) is 76.3. The summed E-state index contributed by atoms with van der Waals surface area (Å²) >= 11 is 0. The van der Waals surface area contributed by atoms with Crippen molar-refractivity contribution in [3.05, 3.63) is 29.8 Å². The Bertz CT molecular complexity index is 1110. The lowest BCUT2D eigenvalue weighted by Gasteiger charge is -2.25. The molecular formula is C23H34N8O9. The van der Waals surface area contributed by atoms with E-state index in [4.69, 9.17) is 28.0 Å². The number of aromatic hydroxyl groups is 1. The molecule has 4 atom stereocenters. The number of nitrogens with one attached hydrogen (secondary N) is 3. The Labute approximate surface area is 228 Å². The molecule has 17 heteroatoms. The summed E-state index contributed by atoms with van der Waals surface area (Å²) in [6.45, 7) is 0.105. The number of guanidine groups is 1. The van der Waals surface area contributed by atoms with Crippen LogP contribution in [0, 0.1) is 0 Å². The number of hydrogen-bond donors (Lipinski definition) is 10. The highest BCUT2D eigenvalue weighted by Gasteiger charge is 2.31. The van der Waals surface area contributed by atoms with E-state index in [0.717, 1.165) is 0 Å². The molecule has 40 heavy (non-hydrogen) atoms. The molecule has 4 unspecified atom stereocenters. The molecule has 0 saturated carbocycles. The Kier molecular flexibility index (Phi) is 13.3. The van der Waals surface area contributed by atoms with E-state index in [1.54, 1.807) is 0 Å². The number of hydrogen-bond acceptors (Lipinski definition) is 9. The molecule has 0 aliphatic rings. The second-order valence-corrected chi connectivity index (χ2v) is 8.72. The van der Waals surface area contributed by atoms with E-state index < -0.39 is 72.6 Å². The summed E-state index contributed by atoms with van der Waals surface area (Å²) in [6.07, 6.45) is -1.52. The van der Waals surface area contributed by atoms with Crippen molar-refractivity contribution in [1.82, 2.24) is 16.0 Å². The maximum atomic E-state index is 13.1. The zero-order valence-electron chi connectivity index (χ0n) is 21.4. The molecule has 1 rings (SSSR count). The van der Waals surface area contributed by atoms with Gasteiger partial charge >= 0.3 is 11.9 Å². The van der Waals surface area contributed by atoms with Crippen LogP contribution in [0.2, 0.25) is 0 Å². The first-order valence-electron chi connectivity index (χ1n) is 11.9. The highest BCUT2D eigenvalue weighted by atomic mass is 16.4. The van der Waals surface area contributed by atoms with Gasteiger partial charge in [-0.3, -0.25) is 29.0 Å². The van der Waals surface area contributed by atoms with Crippen LogP contribution in [-0.2, 0) is 35.2 Å². The molecule has 0 heterocycles. The van der Waals surface area contributed by atoms with Gasteiger partial charge in [0.1, 0.15) is 23.9 Å². The summed E-state index contributed by atoms with van der Waals surface area (Å²) < 4.78 is 0. The number of rotatable bonds is 17. The first kappa shape index (κ1) is 33.1. The molecule has 14 N–H and O–H groups in total. The van der Waals surface area contributed by atoms with Gasteiger partial charge in [0.2, 0.25) is 23.6 Å². The number of nitrogens with two attached hydrogens (primary N) is 4. The van der Waals surface area contributed by atoms with Crippen LogP contribution in [0.3, 0.4) is 0 Å². The van der Waals surface area contributed by atoms with Gasteiger partial charge in [-0.05, 0) is 30.5 Å². The van der Waals surface area contributed by atoms with Crippen LogP contribution in [-0.4, -0.2) is 87.6 Å². The minimum atomic E-state index is -1.63. The fourth-order valence-corrected chi connectivity index (χ4v) is 3.35. The number of aliphatic carboxylic acids is 2. The number of phenols is 1. The van der Waals surface area contributed by atoms with Crippen LogP contribution in [0.4, 0.5) is 0 Å². The van der Waals surface area contributed by atoms with Crippen LogP contribution in [0.25, 0.3) is 0 Å². The van der Waals surface area contributed by atoms with Crippen molar-refractivity contribution < 1.29 is 44.1 Å². The van der Waals surface area contributed by atoms with Crippen molar-refractivity contribution in [2.45, 2.75) is 56.3 Å². The monoisotopic (exact) mass is 566 g/mol. The average molecular weight is 567 g/mol. The van der Waals surface area contributed by atoms with Gasteiger partial charge < -0.3 is 54.2 Å². The quantitative estimate of drug-likeness (QED) is 0.0493. The summed E-state index contributed by atoms with van der Waals surface area (Å²) in [5.41, 5.74) is 21.6. The Balaban J connectivity index is 3.15. The van der Waals surface area contributed by atoms with E-state index in [1.165, 1.54) is 24.3 Å². The van der Waals surface area contributed by atoms with Gasteiger partial charge in [0.05, 0.1) is 18.9 Å². The van der Waals surface area contributed by atoms with Crippen molar-refractivity contribution in [3.8, 4) is 5.75 Å². The molecule has 4 amide bonds. The summed E-state index contributed by atoms with van der Waals surface area (Å²) in [6, 6.07) is -0.404. The Hall–Kier alpha value is -4.93. The van der Waals surface area contributed by atoms with Crippen LogP contribution in [0.15, 0.2) is 29.3 Å². The van der Waals surface area contributed by atoms with Crippen LogP contribution < -0.4 is 38.9 Å². The third kappa shape index (κ3) is 12.5. The molecular weight excluding hydrogens is 532 g/mol. The molecule has 0 aliphatic carbocycles. The summed E-state index contributed by atoms with van der Waals surface area (Å²) in [5.74, 6) is -7.02. The molecule has 0 fully saturated rings. The summed E-state index contributed by atoms with van der Waals surface area (Å²) in [5, 5.41) is 34.7. The molecule has 1 aromatic rings. The second-order valence-electron chi connectivity index (χ2n) is 8.72. The van der Waals surface area contributed by atoms with E-state index in [9.17, 15) is 39.0 Å². The van der Waals surface area contributed by atoms with E-state index in [1.807, 2.05) is 0 Å². The van der Waals surface area contributed by atoms with Gasteiger partial charge in [-0.2, -0.15) is 0 Å². The number of carboxylic acid groups (broad SMARTS) is 2. The number of carboxylic acids is 2. The van der Waals surface area contributed by atoms with Crippen LogP contribution in [0.5, 0.6) is 5.75 Å². The minimum Gasteiger partial charge on any atom is -0.508 e. The number of carbonyl (C=O) groups is 6. The maximum Gasteiger partial charge on any atom is 0.326 e. The van der Waals surface area contributed by atoms with E-state index in [0.29, 0.717) is 5.56 Å². The number of primary amides is 1. The van der Waals surface area contributed by atoms with Crippen molar-refractivity contribution in [2.75, 3.05) is 6.54 Å². The van der Waals surface area contributed by atoms with E-state index in [-0.39, 0.29) is 37.5 Å².